The van der Waals surface area contributed by atoms with Crippen molar-refractivity contribution in [2.75, 3.05) is 12.4 Å². The van der Waals surface area contributed by atoms with Crippen LogP contribution in [0.25, 0.3) is 0 Å². The van der Waals surface area contributed by atoms with Crippen LogP contribution in [0.15, 0.2) is 42.5 Å². The lowest BCUT2D eigenvalue weighted by Gasteiger charge is -2.25. The van der Waals surface area contributed by atoms with E-state index in [0.717, 1.165) is 22.4 Å². The van der Waals surface area contributed by atoms with Gasteiger partial charge in [-0.25, -0.2) is 0 Å². The standard InChI is InChI=1S/C23H30N2O3/c1-15(2)18-12-9-10-16(3)20(18)25-22(27)23(4,5)21(26)24-14-17-11-7-8-13-19(17)28-6/h7-13,15H,14H2,1-6H3,(H,24,26)(H,25,27). The second-order valence-corrected chi connectivity index (χ2v) is 7.77. The third kappa shape index (κ3) is 4.71. The van der Waals surface area contributed by atoms with Gasteiger partial charge in [-0.15, -0.1) is 0 Å². The van der Waals surface area contributed by atoms with Gasteiger partial charge in [0.1, 0.15) is 11.2 Å². The highest BCUT2D eigenvalue weighted by Gasteiger charge is 2.36. The molecule has 0 bridgehead atoms. The van der Waals surface area contributed by atoms with E-state index in [2.05, 4.69) is 24.5 Å². The summed E-state index contributed by atoms with van der Waals surface area (Å²) in [6, 6.07) is 13.4. The highest BCUT2D eigenvalue weighted by molar-refractivity contribution is 6.10. The molecule has 150 valence electrons. The fraction of sp³-hybridized carbons (Fsp3) is 0.391. The lowest BCUT2D eigenvalue weighted by atomic mass is 9.90. The van der Waals surface area contributed by atoms with E-state index in [0.29, 0.717) is 12.3 Å². The molecule has 2 amide bonds. The molecule has 0 saturated carbocycles. The van der Waals surface area contributed by atoms with Gasteiger partial charge in [-0.3, -0.25) is 9.59 Å². The van der Waals surface area contributed by atoms with Crippen LogP contribution >= 0.6 is 0 Å². The molecule has 2 N–H and O–H groups in total. The Hall–Kier alpha value is -2.82. The summed E-state index contributed by atoms with van der Waals surface area (Å²) in [6.07, 6.45) is 0. The molecule has 0 aliphatic heterocycles. The number of para-hydroxylation sites is 2. The summed E-state index contributed by atoms with van der Waals surface area (Å²) in [6.45, 7) is 9.67. The Morgan fingerprint density at radius 1 is 1.04 bits per heavy atom. The molecule has 5 nitrogen and oxygen atoms in total. The number of amides is 2. The number of ether oxygens (including phenoxy) is 1. The molecule has 5 heteroatoms. The van der Waals surface area contributed by atoms with Gasteiger partial charge in [0.25, 0.3) is 0 Å². The van der Waals surface area contributed by atoms with Crippen LogP contribution in [0.1, 0.15) is 50.3 Å². The van der Waals surface area contributed by atoms with Crippen molar-refractivity contribution < 1.29 is 14.3 Å². The molecule has 0 saturated heterocycles. The molecule has 0 fully saturated rings. The number of carbonyl (C=O) groups is 2. The van der Waals surface area contributed by atoms with Gasteiger partial charge in [-0.05, 0) is 43.9 Å². The molecule has 0 heterocycles. The van der Waals surface area contributed by atoms with Crippen molar-refractivity contribution in [3.8, 4) is 5.75 Å². The zero-order valence-corrected chi connectivity index (χ0v) is 17.6. The van der Waals surface area contributed by atoms with Crippen molar-refractivity contribution in [2.24, 2.45) is 5.41 Å². The normalized spacial score (nSPS) is 11.2. The summed E-state index contributed by atoms with van der Waals surface area (Å²) < 4.78 is 5.31. The number of hydrogen-bond donors (Lipinski definition) is 2. The van der Waals surface area contributed by atoms with E-state index in [1.54, 1.807) is 21.0 Å². The van der Waals surface area contributed by atoms with Gasteiger partial charge in [-0.2, -0.15) is 0 Å². The summed E-state index contributed by atoms with van der Waals surface area (Å²) in [5.41, 5.74) is 2.45. The predicted octanol–water partition coefficient (Wildman–Crippen LogP) is 4.41. The first kappa shape index (κ1) is 21.5. The van der Waals surface area contributed by atoms with Crippen LogP contribution < -0.4 is 15.4 Å². The summed E-state index contributed by atoms with van der Waals surface area (Å²) in [4.78, 5) is 25.7. The number of carbonyl (C=O) groups excluding carboxylic acids is 2. The number of methoxy groups -OCH3 is 1. The average Bonchev–Trinajstić information content (AvgIpc) is 2.67. The fourth-order valence-corrected chi connectivity index (χ4v) is 2.96. The van der Waals surface area contributed by atoms with Crippen LogP contribution in [0.3, 0.4) is 0 Å². The Morgan fingerprint density at radius 3 is 2.36 bits per heavy atom. The van der Waals surface area contributed by atoms with Crippen molar-refractivity contribution in [1.82, 2.24) is 5.32 Å². The maximum absolute atomic E-state index is 12.9. The largest absolute Gasteiger partial charge is 0.496 e. The topological polar surface area (TPSA) is 67.4 Å². The fourth-order valence-electron chi connectivity index (χ4n) is 2.96. The second kappa shape index (κ2) is 8.91. The lowest BCUT2D eigenvalue weighted by Crippen LogP contribution is -2.45. The maximum Gasteiger partial charge on any atom is 0.239 e. The van der Waals surface area contributed by atoms with Gasteiger partial charge in [0.2, 0.25) is 11.8 Å². The molecule has 0 aromatic heterocycles. The molecule has 0 atom stereocenters. The second-order valence-electron chi connectivity index (χ2n) is 7.77. The minimum Gasteiger partial charge on any atom is -0.496 e. The first-order chi connectivity index (χ1) is 13.2. The molecule has 28 heavy (non-hydrogen) atoms. The molecule has 0 radical (unpaired) electrons. The van der Waals surface area contributed by atoms with Crippen molar-refractivity contribution in [3.05, 3.63) is 59.2 Å². The minimum absolute atomic E-state index is 0.262. The molecule has 2 rings (SSSR count). The van der Waals surface area contributed by atoms with E-state index in [9.17, 15) is 9.59 Å². The molecule has 0 spiro atoms. The third-order valence-corrected chi connectivity index (χ3v) is 4.93. The molecule has 2 aromatic rings. The maximum atomic E-state index is 12.9. The van der Waals surface area contributed by atoms with E-state index in [4.69, 9.17) is 4.74 Å². The Kier molecular flexibility index (Phi) is 6.84. The van der Waals surface area contributed by atoms with Gasteiger partial charge in [0.05, 0.1) is 7.11 Å². The summed E-state index contributed by atoms with van der Waals surface area (Å²) in [5, 5.41) is 5.83. The number of hydrogen-bond acceptors (Lipinski definition) is 3. The van der Waals surface area contributed by atoms with Gasteiger partial charge in [-0.1, -0.05) is 50.2 Å². The summed E-state index contributed by atoms with van der Waals surface area (Å²) in [7, 11) is 1.59. The smallest absolute Gasteiger partial charge is 0.239 e. The first-order valence-corrected chi connectivity index (χ1v) is 9.49. The zero-order chi connectivity index (χ0) is 20.9. The van der Waals surface area contributed by atoms with Gasteiger partial charge < -0.3 is 15.4 Å². The Labute approximate surface area is 167 Å². The molecular formula is C23H30N2O3. The van der Waals surface area contributed by atoms with E-state index < -0.39 is 5.41 Å². The van der Waals surface area contributed by atoms with Crippen molar-refractivity contribution in [2.45, 2.75) is 47.1 Å². The highest BCUT2D eigenvalue weighted by Crippen LogP contribution is 2.29. The van der Waals surface area contributed by atoms with Gasteiger partial charge in [0, 0.05) is 17.8 Å². The molecule has 2 aromatic carbocycles. The number of nitrogens with one attached hydrogen (secondary N) is 2. The predicted molar refractivity (Wildman–Crippen MR) is 113 cm³/mol. The lowest BCUT2D eigenvalue weighted by molar-refractivity contribution is -0.138. The van der Waals surface area contributed by atoms with Crippen LogP contribution in [0.5, 0.6) is 5.75 Å². The van der Waals surface area contributed by atoms with Crippen LogP contribution in [-0.4, -0.2) is 18.9 Å². The van der Waals surface area contributed by atoms with Gasteiger partial charge in [0.15, 0.2) is 0 Å². The number of benzene rings is 2. The van der Waals surface area contributed by atoms with Crippen molar-refractivity contribution >= 4 is 17.5 Å². The number of aryl methyl sites for hydroxylation is 1. The minimum atomic E-state index is -1.22. The quantitative estimate of drug-likeness (QED) is 0.697. The Balaban J connectivity index is 2.13. The highest BCUT2D eigenvalue weighted by atomic mass is 16.5. The number of anilines is 1. The van der Waals surface area contributed by atoms with Crippen molar-refractivity contribution in [1.29, 1.82) is 0 Å². The summed E-state index contributed by atoms with van der Waals surface area (Å²) in [5.74, 6) is 0.293. The van der Waals surface area contributed by atoms with Crippen LogP contribution in [0.2, 0.25) is 0 Å². The first-order valence-electron chi connectivity index (χ1n) is 9.49. The third-order valence-electron chi connectivity index (χ3n) is 4.93. The van der Waals surface area contributed by atoms with E-state index >= 15 is 0 Å². The summed E-state index contributed by atoms with van der Waals surface area (Å²) >= 11 is 0. The van der Waals surface area contributed by atoms with Crippen LogP contribution in [0.4, 0.5) is 5.69 Å². The van der Waals surface area contributed by atoms with E-state index in [-0.39, 0.29) is 17.7 Å². The Morgan fingerprint density at radius 2 is 1.71 bits per heavy atom. The van der Waals surface area contributed by atoms with Crippen molar-refractivity contribution in [3.63, 3.8) is 0 Å². The number of rotatable bonds is 7. The monoisotopic (exact) mass is 382 g/mol. The molecule has 0 aliphatic carbocycles. The molecule has 0 aliphatic rings. The van der Waals surface area contributed by atoms with Crippen LogP contribution in [-0.2, 0) is 16.1 Å². The zero-order valence-electron chi connectivity index (χ0n) is 17.6. The SMILES string of the molecule is COc1ccccc1CNC(=O)C(C)(C)C(=O)Nc1c(C)cccc1C(C)C. The molecular weight excluding hydrogens is 352 g/mol. The van der Waals surface area contributed by atoms with E-state index in [1.165, 1.54) is 0 Å². The Bertz CT molecular complexity index is 857. The van der Waals surface area contributed by atoms with Gasteiger partial charge >= 0.3 is 0 Å². The van der Waals surface area contributed by atoms with E-state index in [1.807, 2.05) is 49.4 Å². The average molecular weight is 383 g/mol. The molecule has 0 unspecified atom stereocenters. The van der Waals surface area contributed by atoms with Crippen LogP contribution in [0, 0.1) is 12.3 Å².